The fourth-order valence-corrected chi connectivity index (χ4v) is 5.66. The lowest BCUT2D eigenvalue weighted by molar-refractivity contribution is -0.144. The van der Waals surface area contributed by atoms with E-state index in [1.807, 2.05) is 111 Å². The molecule has 0 spiro atoms. The Balaban J connectivity index is 1.23. The predicted octanol–water partition coefficient (Wildman–Crippen LogP) is 8.38. The average molecular weight is 663 g/mol. The van der Waals surface area contributed by atoms with E-state index in [0.717, 1.165) is 22.3 Å². The summed E-state index contributed by atoms with van der Waals surface area (Å²) in [5.41, 5.74) is 5.89. The second-order valence-corrected chi connectivity index (χ2v) is 13.8. The SMILES string of the molecule is CC(C)COC(=O)N1CCc2ccc(Oc3ccc(C(C)(C)C)cc3)cc2[C@H]1C(=O)NCCC(=O)OCc1ccc(-c2ccccc2)cc1. The highest BCUT2D eigenvalue weighted by Gasteiger charge is 2.37. The Bertz CT molecular complexity index is 1730. The van der Waals surface area contributed by atoms with E-state index in [2.05, 4.69) is 26.1 Å². The topological polar surface area (TPSA) is 94.2 Å². The number of esters is 1. The highest BCUT2D eigenvalue weighted by molar-refractivity contribution is 5.88. The number of ether oxygens (including phenoxy) is 3. The summed E-state index contributed by atoms with van der Waals surface area (Å²) in [6.45, 7) is 11.1. The Morgan fingerprint density at radius 3 is 2.18 bits per heavy atom. The summed E-state index contributed by atoms with van der Waals surface area (Å²) < 4.78 is 17.2. The van der Waals surface area contributed by atoms with Crippen LogP contribution in [0.15, 0.2) is 97.1 Å². The van der Waals surface area contributed by atoms with Crippen LogP contribution in [0.4, 0.5) is 4.79 Å². The van der Waals surface area contributed by atoms with Crippen LogP contribution >= 0.6 is 0 Å². The van der Waals surface area contributed by atoms with E-state index in [9.17, 15) is 14.4 Å². The highest BCUT2D eigenvalue weighted by Crippen LogP contribution is 2.35. The van der Waals surface area contributed by atoms with E-state index >= 15 is 0 Å². The third-order valence-electron chi connectivity index (χ3n) is 8.41. The molecule has 8 nitrogen and oxygen atoms in total. The van der Waals surface area contributed by atoms with Gasteiger partial charge in [-0.3, -0.25) is 14.5 Å². The number of hydrogen-bond acceptors (Lipinski definition) is 6. The van der Waals surface area contributed by atoms with Gasteiger partial charge in [-0.15, -0.1) is 0 Å². The Morgan fingerprint density at radius 2 is 1.51 bits per heavy atom. The Hall–Kier alpha value is -5.11. The minimum absolute atomic E-state index is 0.0150. The maximum absolute atomic E-state index is 13.8. The zero-order chi connectivity index (χ0) is 35.0. The number of nitrogens with zero attached hydrogens (tertiary/aromatic N) is 1. The van der Waals surface area contributed by atoms with Gasteiger partial charge in [0.25, 0.3) is 0 Å². The molecule has 1 atom stereocenters. The van der Waals surface area contributed by atoms with Crippen LogP contribution in [0.5, 0.6) is 11.5 Å². The molecule has 0 aromatic heterocycles. The number of fused-ring (bicyclic) bond motifs is 1. The van der Waals surface area contributed by atoms with Crippen molar-refractivity contribution >= 4 is 18.0 Å². The minimum Gasteiger partial charge on any atom is -0.461 e. The molecule has 1 aliphatic heterocycles. The van der Waals surface area contributed by atoms with Gasteiger partial charge in [0, 0.05) is 13.1 Å². The number of carbonyl (C=O) groups is 3. The molecule has 1 aliphatic rings. The summed E-state index contributed by atoms with van der Waals surface area (Å²) in [4.78, 5) is 41.1. The van der Waals surface area contributed by atoms with Crippen molar-refractivity contribution in [3.05, 3.63) is 119 Å². The van der Waals surface area contributed by atoms with Gasteiger partial charge in [-0.05, 0) is 75.4 Å². The molecule has 5 rings (SSSR count). The molecule has 0 radical (unpaired) electrons. The van der Waals surface area contributed by atoms with Crippen molar-refractivity contribution in [3.63, 3.8) is 0 Å². The van der Waals surface area contributed by atoms with Gasteiger partial charge in [0.2, 0.25) is 5.91 Å². The van der Waals surface area contributed by atoms with Gasteiger partial charge in [0.05, 0.1) is 13.0 Å². The summed E-state index contributed by atoms with van der Waals surface area (Å²) in [5, 5.41) is 2.86. The van der Waals surface area contributed by atoms with Crippen molar-refractivity contribution in [1.29, 1.82) is 0 Å². The van der Waals surface area contributed by atoms with Gasteiger partial charge in [-0.2, -0.15) is 0 Å². The number of carbonyl (C=O) groups excluding carboxylic acids is 3. The molecule has 256 valence electrons. The number of rotatable bonds is 11. The fraction of sp³-hybridized carbons (Fsp3) is 0.341. The van der Waals surface area contributed by atoms with E-state index in [4.69, 9.17) is 14.2 Å². The van der Waals surface area contributed by atoms with Crippen LogP contribution in [0.25, 0.3) is 11.1 Å². The van der Waals surface area contributed by atoms with Crippen LogP contribution in [0.3, 0.4) is 0 Å². The van der Waals surface area contributed by atoms with Gasteiger partial charge in [-0.25, -0.2) is 4.79 Å². The molecule has 4 aromatic rings. The van der Waals surface area contributed by atoms with Crippen molar-refractivity contribution < 1.29 is 28.6 Å². The van der Waals surface area contributed by atoms with Crippen molar-refractivity contribution in [2.45, 2.75) is 65.5 Å². The van der Waals surface area contributed by atoms with Crippen molar-refractivity contribution in [2.75, 3.05) is 19.7 Å². The first kappa shape index (κ1) is 35.2. The van der Waals surface area contributed by atoms with Gasteiger partial charge in [0.1, 0.15) is 24.1 Å². The minimum atomic E-state index is -0.950. The molecule has 1 heterocycles. The molecule has 0 fully saturated rings. The third-order valence-corrected chi connectivity index (χ3v) is 8.41. The molecule has 0 unspecified atom stereocenters. The van der Waals surface area contributed by atoms with Gasteiger partial charge < -0.3 is 19.5 Å². The number of benzene rings is 4. The zero-order valence-corrected chi connectivity index (χ0v) is 29.0. The first-order valence-electron chi connectivity index (χ1n) is 16.9. The molecule has 8 heteroatoms. The van der Waals surface area contributed by atoms with E-state index in [1.54, 1.807) is 0 Å². The Labute approximate surface area is 289 Å². The van der Waals surface area contributed by atoms with Crippen LogP contribution in [-0.2, 0) is 37.5 Å². The summed E-state index contributed by atoms with van der Waals surface area (Å²) in [6.07, 6.45) is -0.00474. The smallest absolute Gasteiger partial charge is 0.410 e. The van der Waals surface area contributed by atoms with Gasteiger partial charge >= 0.3 is 12.1 Å². The molecular formula is C41H46N2O6. The van der Waals surface area contributed by atoms with Crippen molar-refractivity contribution in [3.8, 4) is 22.6 Å². The molecular weight excluding hydrogens is 616 g/mol. The lowest BCUT2D eigenvalue weighted by atomic mass is 9.87. The first-order chi connectivity index (χ1) is 23.5. The number of amides is 2. The first-order valence-corrected chi connectivity index (χ1v) is 16.9. The van der Waals surface area contributed by atoms with Crippen molar-refractivity contribution in [2.24, 2.45) is 5.92 Å². The summed E-state index contributed by atoms with van der Waals surface area (Å²) >= 11 is 0. The molecule has 0 saturated heterocycles. The fourth-order valence-electron chi connectivity index (χ4n) is 5.66. The highest BCUT2D eigenvalue weighted by atomic mass is 16.6. The summed E-state index contributed by atoms with van der Waals surface area (Å²) in [5.74, 6) is 0.531. The molecule has 0 bridgehead atoms. The standard InChI is InChI=1S/C41H46N2O6/c1-28(2)26-48-40(46)43-24-22-32-15-18-35(49-34-19-16-33(17-20-34)41(3,4)5)25-36(32)38(43)39(45)42-23-21-37(44)47-27-29-11-13-31(14-12-29)30-9-7-6-8-10-30/h6-20,25,28,38H,21-24,26-27H2,1-5H3,(H,42,45)/t38-/m0/s1. The Kier molecular flexibility index (Phi) is 11.4. The monoisotopic (exact) mass is 662 g/mol. The van der Waals surface area contributed by atoms with Gasteiger partial charge in [-0.1, -0.05) is 107 Å². The maximum Gasteiger partial charge on any atom is 0.410 e. The van der Waals surface area contributed by atoms with Crippen molar-refractivity contribution in [1.82, 2.24) is 10.2 Å². The van der Waals surface area contributed by atoms with E-state index in [-0.39, 0.29) is 37.5 Å². The average Bonchev–Trinajstić information content (AvgIpc) is 3.09. The molecule has 4 aromatic carbocycles. The normalized spacial score (nSPS) is 14.2. The molecule has 1 N–H and O–H groups in total. The molecule has 49 heavy (non-hydrogen) atoms. The second-order valence-electron chi connectivity index (χ2n) is 13.8. The largest absolute Gasteiger partial charge is 0.461 e. The lowest BCUT2D eigenvalue weighted by Gasteiger charge is -2.36. The maximum atomic E-state index is 13.8. The quantitative estimate of drug-likeness (QED) is 0.162. The van der Waals surface area contributed by atoms with Crippen LogP contribution in [0, 0.1) is 5.92 Å². The molecule has 2 amide bonds. The van der Waals surface area contributed by atoms with Gasteiger partial charge in [0.15, 0.2) is 0 Å². The zero-order valence-electron chi connectivity index (χ0n) is 29.0. The lowest BCUT2D eigenvalue weighted by Crippen LogP contribution is -2.48. The number of nitrogens with one attached hydrogen (secondary N) is 1. The van der Waals surface area contributed by atoms with Crippen LogP contribution in [-0.4, -0.2) is 42.6 Å². The van der Waals surface area contributed by atoms with E-state index in [1.165, 1.54) is 10.5 Å². The van der Waals surface area contributed by atoms with Crippen LogP contribution < -0.4 is 10.1 Å². The molecule has 0 aliphatic carbocycles. The molecule has 0 saturated carbocycles. The second kappa shape index (κ2) is 15.9. The predicted molar refractivity (Wildman–Crippen MR) is 190 cm³/mol. The Morgan fingerprint density at radius 1 is 0.837 bits per heavy atom. The van der Waals surface area contributed by atoms with Crippen LogP contribution in [0.2, 0.25) is 0 Å². The van der Waals surface area contributed by atoms with Crippen LogP contribution in [0.1, 0.15) is 69.3 Å². The third kappa shape index (κ3) is 9.50. The van der Waals surface area contributed by atoms with E-state index in [0.29, 0.717) is 30.0 Å². The van der Waals surface area contributed by atoms with E-state index < -0.39 is 24.0 Å². The summed E-state index contributed by atoms with van der Waals surface area (Å²) in [6, 6.07) is 30.5. The summed E-state index contributed by atoms with van der Waals surface area (Å²) in [7, 11) is 0. The number of hydrogen-bond donors (Lipinski definition) is 1.